The molecule has 12 heteroatoms. The van der Waals surface area contributed by atoms with E-state index in [4.69, 9.17) is 28.9 Å². The van der Waals surface area contributed by atoms with E-state index in [1.807, 2.05) is 19.1 Å². The van der Waals surface area contributed by atoms with Gasteiger partial charge in [0.15, 0.2) is 0 Å². The smallest absolute Gasteiger partial charge is 0.410 e. The number of hydrogen-bond acceptors (Lipinski definition) is 10. The van der Waals surface area contributed by atoms with Gasteiger partial charge in [-0.3, -0.25) is 9.80 Å². The van der Waals surface area contributed by atoms with Gasteiger partial charge < -0.3 is 34.0 Å². The van der Waals surface area contributed by atoms with Gasteiger partial charge in [-0.1, -0.05) is 107 Å². The van der Waals surface area contributed by atoms with Crippen LogP contribution in [-0.4, -0.2) is 103 Å². The molecular weight excluding hydrogens is 826 g/mol. The van der Waals surface area contributed by atoms with E-state index in [2.05, 4.69) is 30.5 Å². The molecule has 2 heterocycles. The highest BCUT2D eigenvalue weighted by Crippen LogP contribution is 2.62. The van der Waals surface area contributed by atoms with Gasteiger partial charge in [0.25, 0.3) is 0 Å². The van der Waals surface area contributed by atoms with Crippen molar-refractivity contribution in [3.8, 4) is 11.5 Å². The third-order valence-electron chi connectivity index (χ3n) is 13.8. The summed E-state index contributed by atoms with van der Waals surface area (Å²) in [5, 5.41) is 24.7. The van der Waals surface area contributed by atoms with Crippen LogP contribution in [0.2, 0.25) is 0 Å². The SMILES string of the molecule is C=CCO[C@@]12Oc3ccc(OCCN4CC4)cc3[C@H]3[C@H](CCCCO)[C@@H](CCCCO)C=C(C(=NOCC)C[C@@H]1N(Cc1ccc(F)cc1)C(=O)OCCCCCCCCCCCC)[C@H]32. The quantitative estimate of drug-likeness (QED) is 0.0330. The fourth-order valence-electron chi connectivity index (χ4n) is 10.4. The Hall–Kier alpha value is -3.97. The monoisotopic (exact) mass is 904 g/mol. The molecule has 2 aromatic rings. The van der Waals surface area contributed by atoms with Crippen LogP contribution >= 0.6 is 0 Å². The van der Waals surface area contributed by atoms with Gasteiger partial charge in [0, 0.05) is 57.3 Å². The lowest BCUT2D eigenvalue weighted by Gasteiger charge is -2.59. The molecule has 0 spiro atoms. The summed E-state index contributed by atoms with van der Waals surface area (Å²) in [5.41, 5.74) is 3.43. The first kappa shape index (κ1) is 50.4. The molecule has 2 aliphatic carbocycles. The van der Waals surface area contributed by atoms with Gasteiger partial charge in [0.05, 0.1) is 24.8 Å². The molecule has 2 aliphatic heterocycles. The number of ether oxygens (including phenoxy) is 4. The minimum Gasteiger partial charge on any atom is -0.492 e. The number of carbonyl (C=O) groups excluding carboxylic acids is 1. The zero-order chi connectivity index (χ0) is 45.9. The van der Waals surface area contributed by atoms with Crippen molar-refractivity contribution in [1.82, 2.24) is 9.80 Å². The summed E-state index contributed by atoms with van der Waals surface area (Å²) in [7, 11) is 0. The number of halogens is 1. The van der Waals surface area contributed by atoms with Crippen molar-refractivity contribution in [2.45, 2.75) is 147 Å². The van der Waals surface area contributed by atoms with Gasteiger partial charge >= 0.3 is 6.09 Å². The summed E-state index contributed by atoms with van der Waals surface area (Å²) < 4.78 is 41.5. The maximum Gasteiger partial charge on any atom is 0.410 e. The number of unbranched alkanes of at least 4 members (excludes halogenated alkanes) is 11. The van der Waals surface area contributed by atoms with E-state index in [1.165, 1.54) is 57.1 Å². The van der Waals surface area contributed by atoms with E-state index in [-0.39, 0.29) is 63.0 Å². The maximum absolute atomic E-state index is 14.9. The van der Waals surface area contributed by atoms with Crippen molar-refractivity contribution in [1.29, 1.82) is 0 Å². The number of allylic oxidation sites excluding steroid dienone is 1. The Kier molecular flexibility index (Phi) is 20.5. The lowest BCUT2D eigenvalue weighted by Crippen LogP contribution is -2.70. The molecule has 0 bridgehead atoms. The highest BCUT2D eigenvalue weighted by Gasteiger charge is 2.65. The Bertz CT molecular complexity index is 1820. The first-order valence-corrected chi connectivity index (χ1v) is 25.1. The second-order valence-electron chi connectivity index (χ2n) is 18.4. The normalized spacial score (nSPS) is 23.8. The van der Waals surface area contributed by atoms with Gasteiger partial charge in [-0.05, 0) is 92.3 Å². The van der Waals surface area contributed by atoms with Crippen LogP contribution in [0.4, 0.5) is 9.18 Å². The van der Waals surface area contributed by atoms with E-state index < -0.39 is 23.8 Å². The fraction of sp³-hybridized carbons (Fsp3) is 0.660. The van der Waals surface area contributed by atoms with Crippen molar-refractivity contribution in [3.63, 3.8) is 0 Å². The van der Waals surface area contributed by atoms with Crippen LogP contribution in [0.25, 0.3) is 0 Å². The average molecular weight is 904 g/mol. The van der Waals surface area contributed by atoms with Crippen LogP contribution < -0.4 is 9.47 Å². The molecule has 6 atom stereocenters. The largest absolute Gasteiger partial charge is 0.492 e. The topological polar surface area (TPSA) is 122 Å². The molecule has 2 fully saturated rings. The van der Waals surface area contributed by atoms with Gasteiger partial charge in [0.1, 0.15) is 36.6 Å². The van der Waals surface area contributed by atoms with Crippen molar-refractivity contribution >= 4 is 11.8 Å². The van der Waals surface area contributed by atoms with E-state index >= 15 is 0 Å². The third kappa shape index (κ3) is 13.8. The molecule has 0 radical (unpaired) electrons. The number of aliphatic hydroxyl groups excluding tert-OH is 2. The average Bonchev–Trinajstić information content (AvgIpc) is 4.15. The predicted molar refractivity (Wildman–Crippen MR) is 254 cm³/mol. The number of rotatable bonds is 31. The van der Waals surface area contributed by atoms with E-state index in [0.717, 1.165) is 92.7 Å². The van der Waals surface area contributed by atoms with Gasteiger partial charge in [-0.2, -0.15) is 0 Å². The van der Waals surface area contributed by atoms with Gasteiger partial charge in [0.2, 0.25) is 5.79 Å². The van der Waals surface area contributed by atoms with Crippen molar-refractivity contribution < 1.29 is 43.2 Å². The molecule has 1 amide bonds. The minimum atomic E-state index is -1.44. The van der Waals surface area contributed by atoms with E-state index in [0.29, 0.717) is 31.8 Å². The molecule has 0 aromatic heterocycles. The zero-order valence-electron chi connectivity index (χ0n) is 39.4. The molecule has 2 aromatic carbocycles. The number of oxime groups is 1. The van der Waals surface area contributed by atoms with Crippen molar-refractivity contribution in [2.24, 2.45) is 22.9 Å². The number of carbonyl (C=O) groups is 1. The maximum atomic E-state index is 14.9. The van der Waals surface area contributed by atoms with Crippen LogP contribution in [0.3, 0.4) is 0 Å². The summed E-state index contributed by atoms with van der Waals surface area (Å²) >= 11 is 0. The number of amides is 1. The summed E-state index contributed by atoms with van der Waals surface area (Å²) in [6.07, 6.45) is 20.2. The highest BCUT2D eigenvalue weighted by atomic mass is 19.1. The molecule has 360 valence electrons. The number of nitrogens with zero attached hydrogens (tertiary/aromatic N) is 3. The number of benzene rings is 2. The Morgan fingerprint density at radius 3 is 2.31 bits per heavy atom. The number of hydrogen-bond donors (Lipinski definition) is 2. The molecule has 11 nitrogen and oxygen atoms in total. The third-order valence-corrected chi connectivity index (χ3v) is 13.8. The lowest BCUT2D eigenvalue weighted by atomic mass is 9.55. The first-order valence-electron chi connectivity index (χ1n) is 25.1. The summed E-state index contributed by atoms with van der Waals surface area (Å²) in [6, 6.07) is 11.5. The second-order valence-corrected chi connectivity index (χ2v) is 18.4. The number of aliphatic hydroxyl groups is 2. The molecular formula is C53H78FN3O8. The van der Waals surface area contributed by atoms with Crippen LogP contribution in [0.1, 0.15) is 140 Å². The Morgan fingerprint density at radius 1 is 0.923 bits per heavy atom. The Balaban J connectivity index is 1.41. The molecule has 1 saturated carbocycles. The van der Waals surface area contributed by atoms with Gasteiger partial charge in [-0.15, -0.1) is 6.58 Å². The highest BCUT2D eigenvalue weighted by molar-refractivity contribution is 6.03. The Morgan fingerprint density at radius 2 is 1.63 bits per heavy atom. The van der Waals surface area contributed by atoms with E-state index in [9.17, 15) is 19.4 Å². The molecule has 1 saturated heterocycles. The standard InChI is InChI=1S/C53H78FN3O8/c1-4-7-8-9-10-11-12-13-14-19-34-62-52(60)57(39-40-22-24-42(54)25-23-40)49-38-47(55-64-6-3)45-36-41(20-15-17-31-58)44(21-16-18-32-59)50-46-37-43(61-35-30-56-28-29-56)26-27-48(46)65-53(49,51(45)50)63-33-5-2/h5,22-27,36-37,41,44,49-51,58-59H,2,4,6-21,28-35,38-39H2,1,3H3/t41-,44+,49-,50+,51+,53+/m0/s1. The molecule has 4 aliphatic rings. The summed E-state index contributed by atoms with van der Waals surface area (Å²) in [6.45, 7) is 12.9. The summed E-state index contributed by atoms with van der Waals surface area (Å²) in [4.78, 5) is 24.8. The van der Waals surface area contributed by atoms with Crippen molar-refractivity contribution in [2.75, 3.05) is 59.3 Å². The van der Waals surface area contributed by atoms with Crippen LogP contribution in [0.15, 0.2) is 71.9 Å². The second kappa shape index (κ2) is 26.4. The predicted octanol–water partition coefficient (Wildman–Crippen LogP) is 10.7. The minimum absolute atomic E-state index is 0.0807. The molecule has 0 unspecified atom stereocenters. The fourth-order valence-corrected chi connectivity index (χ4v) is 10.4. The van der Waals surface area contributed by atoms with Crippen LogP contribution in [0.5, 0.6) is 11.5 Å². The van der Waals surface area contributed by atoms with E-state index in [1.54, 1.807) is 23.1 Å². The Labute approximate surface area is 388 Å². The van der Waals surface area contributed by atoms with Crippen LogP contribution in [-0.2, 0) is 20.9 Å². The number of fused-ring (bicyclic) bond motifs is 2. The first-order chi connectivity index (χ1) is 31.9. The van der Waals surface area contributed by atoms with Crippen LogP contribution in [0, 0.1) is 23.6 Å². The lowest BCUT2D eigenvalue weighted by molar-refractivity contribution is -0.256. The molecule has 6 rings (SSSR count). The molecule has 65 heavy (non-hydrogen) atoms. The van der Waals surface area contributed by atoms with Crippen molar-refractivity contribution in [3.05, 3.63) is 83.7 Å². The van der Waals surface area contributed by atoms with Gasteiger partial charge in [-0.25, -0.2) is 9.18 Å². The zero-order valence-corrected chi connectivity index (χ0v) is 39.4. The molecule has 2 N–H and O–H groups in total. The summed E-state index contributed by atoms with van der Waals surface area (Å²) in [5.74, 6) is -0.826.